The first-order chi connectivity index (χ1) is 18.6. The van der Waals surface area contributed by atoms with Crippen LogP contribution in [-0.2, 0) is 6.42 Å². The van der Waals surface area contributed by atoms with Crippen molar-refractivity contribution in [3.63, 3.8) is 0 Å². The second kappa shape index (κ2) is 9.94. The highest BCUT2D eigenvalue weighted by atomic mass is 16.1. The van der Waals surface area contributed by atoms with Crippen LogP contribution in [-0.4, -0.2) is 19.5 Å². The normalized spacial score (nSPS) is 11.3. The van der Waals surface area contributed by atoms with E-state index >= 15 is 0 Å². The van der Waals surface area contributed by atoms with Crippen molar-refractivity contribution in [2.24, 2.45) is 5.92 Å². The van der Waals surface area contributed by atoms with Gasteiger partial charge in [-0.2, -0.15) is 0 Å². The Bertz CT molecular complexity index is 1780. The highest BCUT2D eigenvalue weighted by molar-refractivity contribution is 5.96. The van der Waals surface area contributed by atoms with E-state index in [0.717, 1.165) is 45.5 Å². The van der Waals surface area contributed by atoms with Gasteiger partial charge in [0.2, 0.25) is 0 Å². The average Bonchev–Trinajstić information content (AvgIpc) is 3.33. The van der Waals surface area contributed by atoms with Crippen molar-refractivity contribution in [1.29, 1.82) is 0 Å². The van der Waals surface area contributed by atoms with E-state index in [9.17, 15) is 4.79 Å². The molecular weight excluding hydrogens is 468 g/mol. The number of H-pyrrole nitrogens is 1. The summed E-state index contributed by atoms with van der Waals surface area (Å²) in [6.45, 7) is 4.47. The predicted octanol–water partition coefficient (Wildman–Crippen LogP) is 7.31. The minimum atomic E-state index is -0.169. The monoisotopic (exact) mass is 496 g/mol. The molecule has 0 amide bonds. The molecule has 0 saturated carbocycles. The summed E-state index contributed by atoms with van der Waals surface area (Å²) in [5.41, 5.74) is 8.50. The van der Waals surface area contributed by atoms with Crippen LogP contribution in [0, 0.1) is 5.92 Å². The van der Waals surface area contributed by atoms with E-state index in [-0.39, 0.29) is 5.56 Å². The van der Waals surface area contributed by atoms with Gasteiger partial charge >= 0.3 is 0 Å². The zero-order chi connectivity index (χ0) is 26.1. The SMILES string of the molecule is CC(C)Cc1cc(-c2ccccn2)cc(-c2cccc3c2nc(-c2ccc[nH]c2=O)n3-c2ccccc2)c1. The maximum Gasteiger partial charge on any atom is 0.258 e. The van der Waals surface area contributed by atoms with Crippen molar-refractivity contribution in [2.45, 2.75) is 20.3 Å². The first-order valence-corrected chi connectivity index (χ1v) is 12.9. The van der Waals surface area contributed by atoms with Crippen LogP contribution in [0.1, 0.15) is 19.4 Å². The van der Waals surface area contributed by atoms with E-state index in [4.69, 9.17) is 4.98 Å². The lowest BCUT2D eigenvalue weighted by molar-refractivity contribution is 0.647. The van der Waals surface area contributed by atoms with Gasteiger partial charge in [0.25, 0.3) is 5.56 Å². The van der Waals surface area contributed by atoms with E-state index in [1.54, 1.807) is 6.20 Å². The molecule has 5 heteroatoms. The molecule has 3 aromatic heterocycles. The predicted molar refractivity (Wildman–Crippen MR) is 154 cm³/mol. The molecule has 0 fully saturated rings. The molecule has 0 bridgehead atoms. The number of nitrogens with one attached hydrogen (secondary N) is 1. The molecule has 38 heavy (non-hydrogen) atoms. The van der Waals surface area contributed by atoms with Gasteiger partial charge in [-0.1, -0.05) is 56.3 Å². The van der Waals surface area contributed by atoms with Crippen LogP contribution in [0.3, 0.4) is 0 Å². The fraction of sp³-hybridized carbons (Fsp3) is 0.121. The Labute approximate surface area is 221 Å². The number of nitrogens with zero attached hydrogens (tertiary/aromatic N) is 3. The standard InChI is InChI=1S/C33H28N4O/c1-22(2)18-23-19-24(21-25(20-23)29-14-6-7-16-34-29)27-12-8-15-30-31(27)36-32(28-13-9-17-35-33(28)38)37(30)26-10-4-3-5-11-26/h3-17,19-22H,18H2,1-2H3,(H,35,38). The fourth-order valence-electron chi connectivity index (χ4n) is 5.07. The largest absolute Gasteiger partial charge is 0.328 e. The number of fused-ring (bicyclic) bond motifs is 1. The first-order valence-electron chi connectivity index (χ1n) is 12.9. The molecule has 0 spiro atoms. The second-order valence-electron chi connectivity index (χ2n) is 9.92. The molecule has 0 aliphatic rings. The number of para-hydroxylation sites is 2. The Morgan fingerprint density at radius 3 is 2.37 bits per heavy atom. The third-order valence-electron chi connectivity index (χ3n) is 6.67. The summed E-state index contributed by atoms with van der Waals surface area (Å²) in [5.74, 6) is 1.13. The summed E-state index contributed by atoms with van der Waals surface area (Å²) < 4.78 is 2.07. The number of aromatic nitrogens is 4. The van der Waals surface area contributed by atoms with E-state index < -0.39 is 0 Å². The van der Waals surface area contributed by atoms with Gasteiger partial charge in [0.05, 0.1) is 22.3 Å². The summed E-state index contributed by atoms with van der Waals surface area (Å²) in [6, 6.07) is 32.6. The number of rotatable bonds is 6. The quantitative estimate of drug-likeness (QED) is 0.263. The van der Waals surface area contributed by atoms with E-state index in [2.05, 4.69) is 64.8 Å². The molecule has 0 aliphatic carbocycles. The maximum atomic E-state index is 12.9. The van der Waals surface area contributed by atoms with Crippen molar-refractivity contribution < 1.29 is 0 Å². The highest BCUT2D eigenvalue weighted by Gasteiger charge is 2.19. The summed E-state index contributed by atoms with van der Waals surface area (Å²) in [5, 5.41) is 0. The van der Waals surface area contributed by atoms with Gasteiger partial charge in [0.15, 0.2) is 5.82 Å². The number of imidazole rings is 1. The summed E-state index contributed by atoms with van der Waals surface area (Å²) in [6.07, 6.45) is 4.44. The van der Waals surface area contributed by atoms with Gasteiger partial charge in [-0.15, -0.1) is 0 Å². The summed E-state index contributed by atoms with van der Waals surface area (Å²) in [7, 11) is 0. The van der Waals surface area contributed by atoms with Crippen molar-refractivity contribution >= 4 is 11.0 Å². The Balaban J connectivity index is 1.63. The third-order valence-corrected chi connectivity index (χ3v) is 6.67. The Morgan fingerprint density at radius 2 is 1.61 bits per heavy atom. The van der Waals surface area contributed by atoms with Gasteiger partial charge in [0, 0.05) is 29.2 Å². The second-order valence-corrected chi connectivity index (χ2v) is 9.92. The molecule has 0 radical (unpaired) electrons. The Hall–Kier alpha value is -4.77. The molecule has 5 nitrogen and oxygen atoms in total. The van der Waals surface area contributed by atoms with Gasteiger partial charge < -0.3 is 4.98 Å². The lowest BCUT2D eigenvalue weighted by atomic mass is 9.93. The molecule has 6 rings (SSSR count). The van der Waals surface area contributed by atoms with Gasteiger partial charge in [-0.05, 0) is 78.1 Å². The zero-order valence-electron chi connectivity index (χ0n) is 21.4. The highest BCUT2D eigenvalue weighted by Crippen LogP contribution is 2.36. The molecule has 0 saturated heterocycles. The van der Waals surface area contributed by atoms with Crippen LogP contribution in [0.4, 0.5) is 0 Å². The molecule has 0 unspecified atom stereocenters. The van der Waals surface area contributed by atoms with Crippen LogP contribution >= 0.6 is 0 Å². The van der Waals surface area contributed by atoms with Crippen molar-refractivity contribution in [1.82, 2.24) is 19.5 Å². The van der Waals surface area contributed by atoms with Crippen LogP contribution in [0.2, 0.25) is 0 Å². The number of pyridine rings is 2. The fourth-order valence-corrected chi connectivity index (χ4v) is 5.07. The van der Waals surface area contributed by atoms with Crippen molar-refractivity contribution in [3.8, 4) is 39.5 Å². The first kappa shape index (κ1) is 23.6. The minimum Gasteiger partial charge on any atom is -0.328 e. The Kier molecular flexibility index (Phi) is 6.18. The molecule has 186 valence electrons. The molecule has 0 atom stereocenters. The zero-order valence-corrected chi connectivity index (χ0v) is 21.4. The van der Waals surface area contributed by atoms with Crippen LogP contribution in [0.25, 0.3) is 50.5 Å². The van der Waals surface area contributed by atoms with E-state index in [0.29, 0.717) is 17.3 Å². The Morgan fingerprint density at radius 1 is 0.816 bits per heavy atom. The van der Waals surface area contributed by atoms with Crippen molar-refractivity contribution in [3.05, 3.63) is 125 Å². The molecule has 3 aromatic carbocycles. The van der Waals surface area contributed by atoms with Gasteiger partial charge in [-0.25, -0.2) is 4.98 Å². The van der Waals surface area contributed by atoms with Crippen LogP contribution in [0.15, 0.2) is 114 Å². The van der Waals surface area contributed by atoms with Gasteiger partial charge in [0.1, 0.15) is 0 Å². The van der Waals surface area contributed by atoms with Crippen molar-refractivity contribution in [2.75, 3.05) is 0 Å². The number of benzene rings is 3. The summed E-state index contributed by atoms with van der Waals surface area (Å²) >= 11 is 0. The van der Waals surface area contributed by atoms with Crippen LogP contribution < -0.4 is 5.56 Å². The topological polar surface area (TPSA) is 63.6 Å². The maximum absolute atomic E-state index is 12.9. The third kappa shape index (κ3) is 4.43. The van der Waals surface area contributed by atoms with Crippen LogP contribution in [0.5, 0.6) is 0 Å². The van der Waals surface area contributed by atoms with E-state index in [1.165, 1.54) is 5.56 Å². The van der Waals surface area contributed by atoms with E-state index in [1.807, 2.05) is 66.9 Å². The number of aromatic amines is 1. The molecule has 6 aromatic rings. The van der Waals surface area contributed by atoms with Gasteiger partial charge in [-0.3, -0.25) is 14.3 Å². The average molecular weight is 497 g/mol. The molecule has 0 aliphatic heterocycles. The minimum absolute atomic E-state index is 0.169. The number of hydrogen-bond acceptors (Lipinski definition) is 3. The lowest BCUT2D eigenvalue weighted by Gasteiger charge is -2.13. The summed E-state index contributed by atoms with van der Waals surface area (Å²) in [4.78, 5) is 25.4. The lowest BCUT2D eigenvalue weighted by Crippen LogP contribution is -2.10. The smallest absolute Gasteiger partial charge is 0.258 e. The molecule has 3 heterocycles. The number of hydrogen-bond donors (Lipinski definition) is 1. The molecule has 1 N–H and O–H groups in total. The molecular formula is C33H28N4O.